The number of carboxylic acids is 1. The van der Waals surface area contributed by atoms with E-state index in [-0.39, 0.29) is 12.3 Å². The van der Waals surface area contributed by atoms with E-state index in [0.29, 0.717) is 12.0 Å². The first-order chi connectivity index (χ1) is 10.8. The molecule has 1 amide bonds. The Hall–Kier alpha value is -2.63. The van der Waals surface area contributed by atoms with Crippen LogP contribution in [0.2, 0.25) is 0 Å². The summed E-state index contributed by atoms with van der Waals surface area (Å²) in [5.41, 5.74) is 1.89. The van der Waals surface area contributed by atoms with Gasteiger partial charge < -0.3 is 10.4 Å². The number of nitrogens with zero attached hydrogens (tertiary/aromatic N) is 2. The number of hydrogen-bond acceptors (Lipinski definition) is 3. The zero-order valence-corrected chi connectivity index (χ0v) is 13.5. The lowest BCUT2D eigenvalue weighted by molar-refractivity contribution is -0.137. The number of nitrogens with one attached hydrogen (secondary N) is 1. The molecule has 0 radical (unpaired) electrons. The van der Waals surface area contributed by atoms with Gasteiger partial charge in [0.2, 0.25) is 0 Å². The highest BCUT2D eigenvalue weighted by molar-refractivity contribution is 5.94. The summed E-state index contributed by atoms with van der Waals surface area (Å²) < 4.78 is 1.74. The molecule has 1 aromatic carbocycles. The van der Waals surface area contributed by atoms with Gasteiger partial charge in [-0.25, -0.2) is 4.68 Å². The van der Waals surface area contributed by atoms with E-state index < -0.39 is 11.5 Å². The van der Waals surface area contributed by atoms with E-state index >= 15 is 0 Å². The number of amides is 1. The van der Waals surface area contributed by atoms with Gasteiger partial charge in [-0.3, -0.25) is 9.59 Å². The smallest absolute Gasteiger partial charge is 0.303 e. The molecule has 0 fully saturated rings. The summed E-state index contributed by atoms with van der Waals surface area (Å²) in [5, 5.41) is 15.8. The minimum absolute atomic E-state index is 0.0187. The van der Waals surface area contributed by atoms with Crippen LogP contribution in [-0.4, -0.2) is 32.3 Å². The fraction of sp³-hybridized carbons (Fsp3) is 0.353. The second-order valence-corrected chi connectivity index (χ2v) is 6.24. The standard InChI is InChI=1S/C17H21N3O3/c1-12-10-18-20(11-12)14-6-4-13(5-7-14)16(23)19-17(2,3)9-8-15(21)22/h4-7,10-11H,8-9H2,1-3H3,(H,19,23)(H,21,22). The van der Waals surface area contributed by atoms with Crippen molar-refractivity contribution in [3.05, 3.63) is 47.8 Å². The molecule has 2 N–H and O–H groups in total. The Bertz CT molecular complexity index is 702. The van der Waals surface area contributed by atoms with Crippen molar-refractivity contribution in [3.8, 4) is 5.69 Å². The van der Waals surface area contributed by atoms with Gasteiger partial charge in [0.1, 0.15) is 0 Å². The maximum absolute atomic E-state index is 12.3. The topological polar surface area (TPSA) is 84.2 Å². The van der Waals surface area contributed by atoms with Gasteiger partial charge in [-0.2, -0.15) is 5.10 Å². The Morgan fingerprint density at radius 1 is 1.26 bits per heavy atom. The summed E-state index contributed by atoms with van der Waals surface area (Å²) in [6, 6.07) is 7.11. The third-order valence-electron chi connectivity index (χ3n) is 3.52. The summed E-state index contributed by atoms with van der Waals surface area (Å²) >= 11 is 0. The number of aliphatic carboxylic acids is 1. The van der Waals surface area contributed by atoms with Gasteiger partial charge in [0, 0.05) is 23.7 Å². The molecule has 122 valence electrons. The van der Waals surface area contributed by atoms with E-state index in [1.807, 2.05) is 39.1 Å². The van der Waals surface area contributed by atoms with Crippen molar-refractivity contribution in [3.63, 3.8) is 0 Å². The molecule has 0 aliphatic rings. The van der Waals surface area contributed by atoms with Crippen molar-refractivity contribution >= 4 is 11.9 Å². The minimum atomic E-state index is -0.869. The molecule has 0 atom stereocenters. The van der Waals surface area contributed by atoms with Crippen LogP contribution in [0, 0.1) is 6.92 Å². The number of aromatic nitrogens is 2. The fourth-order valence-corrected chi connectivity index (χ4v) is 2.18. The molecule has 0 aliphatic carbocycles. The zero-order valence-electron chi connectivity index (χ0n) is 13.5. The van der Waals surface area contributed by atoms with Crippen LogP contribution >= 0.6 is 0 Å². The third-order valence-corrected chi connectivity index (χ3v) is 3.52. The molecule has 6 nitrogen and oxygen atoms in total. The van der Waals surface area contributed by atoms with E-state index in [9.17, 15) is 9.59 Å². The molecular formula is C17H21N3O3. The fourth-order valence-electron chi connectivity index (χ4n) is 2.18. The molecule has 0 aliphatic heterocycles. The van der Waals surface area contributed by atoms with Crippen molar-refractivity contribution in [2.75, 3.05) is 0 Å². The highest BCUT2D eigenvalue weighted by atomic mass is 16.4. The number of hydrogen-bond donors (Lipinski definition) is 2. The Balaban J connectivity index is 2.04. The number of aryl methyl sites for hydroxylation is 1. The monoisotopic (exact) mass is 315 g/mol. The lowest BCUT2D eigenvalue weighted by atomic mass is 9.97. The van der Waals surface area contributed by atoms with Crippen LogP contribution in [0.15, 0.2) is 36.7 Å². The molecule has 2 rings (SSSR count). The summed E-state index contributed by atoms with van der Waals surface area (Å²) in [4.78, 5) is 22.9. The van der Waals surface area contributed by atoms with Gasteiger partial charge >= 0.3 is 5.97 Å². The van der Waals surface area contributed by atoms with Crippen molar-refractivity contribution in [1.29, 1.82) is 0 Å². The highest BCUT2D eigenvalue weighted by Gasteiger charge is 2.22. The van der Waals surface area contributed by atoms with Crippen LogP contribution in [0.25, 0.3) is 5.69 Å². The quantitative estimate of drug-likeness (QED) is 0.858. The maximum Gasteiger partial charge on any atom is 0.303 e. The zero-order chi connectivity index (χ0) is 17.0. The average Bonchev–Trinajstić information content (AvgIpc) is 2.92. The van der Waals surface area contributed by atoms with Gasteiger partial charge in [0.05, 0.1) is 11.9 Å². The molecule has 6 heteroatoms. The second-order valence-electron chi connectivity index (χ2n) is 6.24. The van der Waals surface area contributed by atoms with E-state index in [1.165, 1.54) is 0 Å². The first-order valence-electron chi connectivity index (χ1n) is 7.43. The molecule has 1 heterocycles. The van der Waals surface area contributed by atoms with Crippen LogP contribution in [0.4, 0.5) is 0 Å². The van der Waals surface area contributed by atoms with E-state index in [2.05, 4.69) is 10.4 Å². The Morgan fingerprint density at radius 2 is 1.91 bits per heavy atom. The van der Waals surface area contributed by atoms with Crippen LogP contribution in [-0.2, 0) is 4.79 Å². The Kier molecular flexibility index (Phi) is 4.83. The molecular weight excluding hydrogens is 294 g/mol. The average molecular weight is 315 g/mol. The molecule has 1 aromatic heterocycles. The first kappa shape index (κ1) is 16.7. The van der Waals surface area contributed by atoms with Crippen LogP contribution in [0.3, 0.4) is 0 Å². The van der Waals surface area contributed by atoms with E-state index in [4.69, 9.17) is 5.11 Å². The summed E-state index contributed by atoms with van der Waals surface area (Å²) in [7, 11) is 0. The van der Waals surface area contributed by atoms with Crippen LogP contribution in [0.5, 0.6) is 0 Å². The number of benzene rings is 1. The third kappa shape index (κ3) is 4.67. The summed E-state index contributed by atoms with van der Waals surface area (Å²) in [6.45, 7) is 5.59. The molecule has 23 heavy (non-hydrogen) atoms. The molecule has 0 unspecified atom stereocenters. The molecule has 0 spiro atoms. The summed E-state index contributed by atoms with van der Waals surface area (Å²) in [5.74, 6) is -1.09. The van der Waals surface area contributed by atoms with Crippen molar-refractivity contribution < 1.29 is 14.7 Å². The van der Waals surface area contributed by atoms with Crippen LogP contribution in [0.1, 0.15) is 42.6 Å². The maximum atomic E-state index is 12.3. The van der Waals surface area contributed by atoms with Gasteiger partial charge in [0.15, 0.2) is 0 Å². The number of carboxylic acid groups (broad SMARTS) is 1. The van der Waals surface area contributed by atoms with Gasteiger partial charge in [-0.15, -0.1) is 0 Å². The van der Waals surface area contributed by atoms with Gasteiger partial charge in [-0.05, 0) is 57.0 Å². The first-order valence-corrected chi connectivity index (χ1v) is 7.43. The predicted octanol–water partition coefficient (Wildman–Crippen LogP) is 2.55. The predicted molar refractivity (Wildman–Crippen MR) is 86.7 cm³/mol. The SMILES string of the molecule is Cc1cnn(-c2ccc(C(=O)NC(C)(C)CCC(=O)O)cc2)c1. The van der Waals surface area contributed by atoms with Crippen molar-refractivity contribution in [2.24, 2.45) is 0 Å². The van der Waals surface area contributed by atoms with E-state index in [1.54, 1.807) is 23.0 Å². The second kappa shape index (κ2) is 6.64. The number of carbonyl (C=O) groups is 2. The largest absolute Gasteiger partial charge is 0.481 e. The van der Waals surface area contributed by atoms with E-state index in [0.717, 1.165) is 11.3 Å². The van der Waals surface area contributed by atoms with Gasteiger partial charge in [0.25, 0.3) is 5.91 Å². The van der Waals surface area contributed by atoms with Crippen molar-refractivity contribution in [2.45, 2.75) is 39.2 Å². The van der Waals surface area contributed by atoms with Crippen LogP contribution < -0.4 is 5.32 Å². The lowest BCUT2D eigenvalue weighted by Gasteiger charge is -2.25. The van der Waals surface area contributed by atoms with Gasteiger partial charge in [-0.1, -0.05) is 0 Å². The Labute approximate surface area is 135 Å². The lowest BCUT2D eigenvalue weighted by Crippen LogP contribution is -2.43. The number of carbonyl (C=O) groups excluding carboxylic acids is 1. The molecule has 0 saturated carbocycles. The van der Waals surface area contributed by atoms with Crippen molar-refractivity contribution in [1.82, 2.24) is 15.1 Å². The minimum Gasteiger partial charge on any atom is -0.481 e. The summed E-state index contributed by atoms with van der Waals surface area (Å²) in [6.07, 6.45) is 4.07. The Morgan fingerprint density at radius 3 is 2.43 bits per heavy atom. The molecule has 0 bridgehead atoms. The number of rotatable bonds is 6. The molecule has 2 aromatic rings. The highest BCUT2D eigenvalue weighted by Crippen LogP contribution is 2.14. The molecule has 0 saturated heterocycles. The normalized spacial score (nSPS) is 11.3.